The van der Waals surface area contributed by atoms with Crippen LogP contribution in [0.4, 0.5) is 5.69 Å². The Morgan fingerprint density at radius 1 is 1.21 bits per heavy atom. The van der Waals surface area contributed by atoms with Crippen molar-refractivity contribution in [1.29, 1.82) is 0 Å². The largest absolute Gasteiger partial charge is 0.376 e. The van der Waals surface area contributed by atoms with Crippen molar-refractivity contribution in [2.75, 3.05) is 57.3 Å². The molecule has 9 heteroatoms. The van der Waals surface area contributed by atoms with Crippen molar-refractivity contribution >= 4 is 53.1 Å². The van der Waals surface area contributed by atoms with E-state index in [1.54, 1.807) is 0 Å². The van der Waals surface area contributed by atoms with Crippen LogP contribution in [0.3, 0.4) is 0 Å². The van der Waals surface area contributed by atoms with Gasteiger partial charge in [0.25, 0.3) is 0 Å². The fourth-order valence-corrected chi connectivity index (χ4v) is 3.60. The van der Waals surface area contributed by atoms with Crippen LogP contribution in [0.2, 0.25) is 5.02 Å². The molecule has 2 heterocycles. The van der Waals surface area contributed by atoms with E-state index in [9.17, 15) is 4.79 Å². The molecule has 1 aromatic rings. The first kappa shape index (κ1) is 24.0. The molecule has 0 radical (unpaired) electrons. The van der Waals surface area contributed by atoms with Gasteiger partial charge in [-0.25, -0.2) is 4.99 Å². The lowest BCUT2D eigenvalue weighted by Gasteiger charge is -2.36. The van der Waals surface area contributed by atoms with Crippen molar-refractivity contribution < 1.29 is 9.53 Å². The Hall–Kier alpha value is -1.26. The number of anilines is 1. The van der Waals surface area contributed by atoms with Gasteiger partial charge in [-0.1, -0.05) is 11.6 Å². The van der Waals surface area contributed by atoms with Gasteiger partial charge in [0, 0.05) is 56.6 Å². The van der Waals surface area contributed by atoms with Crippen molar-refractivity contribution in [3.05, 3.63) is 29.3 Å². The molecule has 2 aliphatic rings. The first-order valence-corrected chi connectivity index (χ1v) is 10.5. The highest BCUT2D eigenvalue weighted by molar-refractivity contribution is 14.0. The molecule has 1 amide bonds. The predicted octanol–water partition coefficient (Wildman–Crippen LogP) is 2.34. The normalized spacial score (nSPS) is 19.7. The topological polar surface area (TPSA) is 69.2 Å². The second-order valence-corrected chi connectivity index (χ2v) is 7.49. The zero-order valence-electron chi connectivity index (χ0n) is 16.9. The smallest absolute Gasteiger partial charge is 0.244 e. The molecule has 0 saturated carbocycles. The highest BCUT2D eigenvalue weighted by Gasteiger charge is 2.21. The summed E-state index contributed by atoms with van der Waals surface area (Å²) in [6, 6.07) is 7.84. The molecule has 0 aromatic heterocycles. The van der Waals surface area contributed by atoms with E-state index in [1.807, 2.05) is 36.1 Å². The Kier molecular flexibility index (Phi) is 10.3. The van der Waals surface area contributed by atoms with Gasteiger partial charge >= 0.3 is 0 Å². The van der Waals surface area contributed by atoms with Crippen molar-refractivity contribution in [2.24, 2.45) is 4.99 Å². The van der Waals surface area contributed by atoms with Gasteiger partial charge in [-0.05, 0) is 44.0 Å². The van der Waals surface area contributed by atoms with E-state index < -0.39 is 0 Å². The zero-order chi connectivity index (χ0) is 19.8. The first-order chi connectivity index (χ1) is 13.7. The monoisotopic (exact) mass is 535 g/mol. The van der Waals surface area contributed by atoms with E-state index in [0.29, 0.717) is 19.0 Å². The van der Waals surface area contributed by atoms with E-state index in [4.69, 9.17) is 16.3 Å². The summed E-state index contributed by atoms with van der Waals surface area (Å²) in [4.78, 5) is 21.2. The van der Waals surface area contributed by atoms with Gasteiger partial charge in [-0.3, -0.25) is 4.79 Å². The van der Waals surface area contributed by atoms with Crippen LogP contribution in [-0.2, 0) is 9.53 Å². The van der Waals surface area contributed by atoms with Gasteiger partial charge in [0.2, 0.25) is 5.91 Å². The number of piperazine rings is 1. The fourth-order valence-electron chi connectivity index (χ4n) is 3.47. The van der Waals surface area contributed by atoms with Gasteiger partial charge in [0.05, 0.1) is 6.10 Å². The van der Waals surface area contributed by atoms with Crippen LogP contribution in [0.1, 0.15) is 19.8 Å². The van der Waals surface area contributed by atoms with E-state index in [2.05, 4.69) is 20.5 Å². The fraction of sp³-hybridized carbons (Fsp3) is 0.600. The molecule has 1 aromatic carbocycles. The van der Waals surface area contributed by atoms with E-state index in [-0.39, 0.29) is 42.5 Å². The standard InChI is InChI=1S/C20H30ClN5O2.HI/c1-2-22-20(23-14-18-4-3-13-28-18)24-15-19(27)26-11-9-25(10-12-26)17-7-5-16(21)6-8-17;/h5-8,18H,2-4,9-15H2,1H3,(H2,22,23,24);1H. The Bertz CT molecular complexity index is 659. The summed E-state index contributed by atoms with van der Waals surface area (Å²) in [5.74, 6) is 0.733. The number of nitrogens with zero attached hydrogens (tertiary/aromatic N) is 3. The van der Waals surface area contributed by atoms with Crippen LogP contribution >= 0.6 is 35.6 Å². The average Bonchev–Trinajstić information content (AvgIpc) is 3.24. The van der Waals surface area contributed by atoms with Gasteiger partial charge in [0.15, 0.2) is 5.96 Å². The number of carbonyl (C=O) groups excluding carboxylic acids is 1. The van der Waals surface area contributed by atoms with Gasteiger partial charge < -0.3 is 25.2 Å². The number of amides is 1. The van der Waals surface area contributed by atoms with Crippen molar-refractivity contribution in [2.45, 2.75) is 25.9 Å². The zero-order valence-corrected chi connectivity index (χ0v) is 20.0. The lowest BCUT2D eigenvalue weighted by molar-refractivity contribution is -0.129. The van der Waals surface area contributed by atoms with E-state index >= 15 is 0 Å². The van der Waals surface area contributed by atoms with Gasteiger partial charge in [0.1, 0.15) is 6.54 Å². The number of benzene rings is 1. The quantitative estimate of drug-likeness (QED) is 0.333. The third-order valence-corrected chi connectivity index (χ3v) is 5.31. The summed E-state index contributed by atoms with van der Waals surface area (Å²) < 4.78 is 5.62. The Labute approximate surface area is 195 Å². The molecule has 3 rings (SSSR count). The number of halogens is 2. The van der Waals surface area contributed by atoms with Crippen molar-refractivity contribution in [3.8, 4) is 0 Å². The Morgan fingerprint density at radius 2 is 1.93 bits per heavy atom. The van der Waals surface area contributed by atoms with Crippen LogP contribution in [0.25, 0.3) is 0 Å². The molecule has 1 atom stereocenters. The van der Waals surface area contributed by atoms with Gasteiger partial charge in [-0.15, -0.1) is 24.0 Å². The molecular formula is C20H31ClIN5O2. The first-order valence-electron chi connectivity index (χ1n) is 10.1. The molecular weight excluding hydrogens is 505 g/mol. The highest BCUT2D eigenvalue weighted by atomic mass is 127. The number of hydrogen-bond donors (Lipinski definition) is 2. The van der Waals surface area contributed by atoms with Gasteiger partial charge in [-0.2, -0.15) is 0 Å². The number of nitrogens with one attached hydrogen (secondary N) is 2. The van der Waals surface area contributed by atoms with E-state index in [1.165, 1.54) is 0 Å². The van der Waals surface area contributed by atoms with Crippen molar-refractivity contribution in [3.63, 3.8) is 0 Å². The minimum absolute atomic E-state index is 0. The maximum atomic E-state index is 12.6. The highest BCUT2D eigenvalue weighted by Crippen LogP contribution is 2.19. The van der Waals surface area contributed by atoms with Crippen molar-refractivity contribution in [1.82, 2.24) is 15.5 Å². The Morgan fingerprint density at radius 3 is 2.55 bits per heavy atom. The molecule has 0 aliphatic carbocycles. The number of carbonyl (C=O) groups is 1. The molecule has 7 nitrogen and oxygen atoms in total. The lowest BCUT2D eigenvalue weighted by atomic mass is 10.2. The van der Waals surface area contributed by atoms with Crippen LogP contribution in [0.5, 0.6) is 0 Å². The number of hydrogen-bond acceptors (Lipinski definition) is 4. The summed E-state index contributed by atoms with van der Waals surface area (Å²) in [5, 5.41) is 7.21. The number of ether oxygens (including phenoxy) is 1. The molecule has 0 spiro atoms. The average molecular weight is 536 g/mol. The minimum atomic E-state index is 0. The summed E-state index contributed by atoms with van der Waals surface area (Å²) in [6.45, 7) is 7.52. The summed E-state index contributed by atoms with van der Waals surface area (Å²) >= 11 is 5.96. The van der Waals surface area contributed by atoms with Crippen LogP contribution in [-0.4, -0.2) is 75.3 Å². The maximum Gasteiger partial charge on any atom is 0.244 e. The molecule has 0 bridgehead atoms. The Balaban J connectivity index is 0.00000300. The van der Waals surface area contributed by atoms with Crippen LogP contribution in [0, 0.1) is 0 Å². The second kappa shape index (κ2) is 12.4. The second-order valence-electron chi connectivity index (χ2n) is 7.06. The summed E-state index contributed by atoms with van der Waals surface area (Å²) in [6.07, 6.45) is 2.42. The molecule has 2 saturated heterocycles. The molecule has 2 N–H and O–H groups in total. The molecule has 162 valence electrons. The van der Waals surface area contributed by atoms with E-state index in [0.717, 1.165) is 56.3 Å². The number of rotatable bonds is 6. The summed E-state index contributed by atoms with van der Waals surface area (Å²) in [7, 11) is 0. The maximum absolute atomic E-state index is 12.6. The molecule has 2 aliphatic heterocycles. The SMILES string of the molecule is CCNC(=NCC(=O)N1CCN(c2ccc(Cl)cc2)CC1)NCC1CCCO1.I. The molecule has 2 fully saturated rings. The van der Waals surface area contributed by atoms with Crippen LogP contribution in [0.15, 0.2) is 29.3 Å². The lowest BCUT2D eigenvalue weighted by Crippen LogP contribution is -2.49. The number of guanidine groups is 1. The predicted molar refractivity (Wildman–Crippen MR) is 129 cm³/mol. The molecule has 29 heavy (non-hydrogen) atoms. The third-order valence-electron chi connectivity index (χ3n) is 5.06. The third kappa shape index (κ3) is 7.49. The molecule has 1 unspecified atom stereocenters. The number of aliphatic imine (C=N–C) groups is 1. The van der Waals surface area contributed by atoms with Crippen LogP contribution < -0.4 is 15.5 Å². The summed E-state index contributed by atoms with van der Waals surface area (Å²) in [5.41, 5.74) is 1.14. The minimum Gasteiger partial charge on any atom is -0.376 e.